The molecule has 148 valence electrons. The van der Waals surface area contributed by atoms with Crippen molar-refractivity contribution in [1.82, 2.24) is 9.88 Å². The molecule has 1 aliphatic rings. The normalized spacial score (nSPS) is 17.1. The number of halogens is 2. The van der Waals surface area contributed by atoms with Crippen molar-refractivity contribution in [3.63, 3.8) is 0 Å². The number of rotatable bonds is 6. The molecule has 6 nitrogen and oxygen atoms in total. The summed E-state index contributed by atoms with van der Waals surface area (Å²) in [6, 6.07) is 9.40. The van der Waals surface area contributed by atoms with Crippen LogP contribution in [0, 0.1) is 11.7 Å². The minimum atomic E-state index is -0.386. The minimum absolute atomic E-state index is 0.0521. The maximum absolute atomic E-state index is 13.2. The molecule has 0 radical (unpaired) electrons. The molecule has 2 amide bonds. The van der Waals surface area contributed by atoms with Gasteiger partial charge in [-0.15, -0.1) is 0 Å². The number of benzene rings is 1. The van der Waals surface area contributed by atoms with Gasteiger partial charge in [-0.05, 0) is 65.6 Å². The largest absolute Gasteiger partial charge is 0.326 e. The van der Waals surface area contributed by atoms with Crippen LogP contribution < -0.4 is 10.6 Å². The number of aromatic nitrogens is 1. The Labute approximate surface area is 171 Å². The summed E-state index contributed by atoms with van der Waals surface area (Å²) in [4.78, 5) is 30.9. The third-order valence-electron chi connectivity index (χ3n) is 4.62. The van der Waals surface area contributed by atoms with E-state index in [2.05, 4.69) is 36.4 Å². The average molecular weight is 449 g/mol. The first-order valence-corrected chi connectivity index (χ1v) is 9.99. The number of carbonyl (C=O) groups excluding carboxylic acids is 2. The molecular formula is C20H22BrFN4O2. The summed E-state index contributed by atoms with van der Waals surface area (Å²) < 4.78 is 14.0. The van der Waals surface area contributed by atoms with Crippen LogP contribution in [0.15, 0.2) is 47.1 Å². The van der Waals surface area contributed by atoms with Crippen molar-refractivity contribution in [1.29, 1.82) is 0 Å². The Kier molecular flexibility index (Phi) is 7.11. The lowest BCUT2D eigenvalue weighted by atomic mass is 9.97. The Balaban J connectivity index is 1.45. The fraction of sp³-hybridized carbons (Fsp3) is 0.350. The molecule has 2 heterocycles. The van der Waals surface area contributed by atoms with Crippen molar-refractivity contribution in [3.05, 3.63) is 52.9 Å². The van der Waals surface area contributed by atoms with E-state index in [0.29, 0.717) is 31.0 Å². The molecule has 1 saturated heterocycles. The molecule has 1 aliphatic heterocycles. The molecule has 3 rings (SSSR count). The van der Waals surface area contributed by atoms with Crippen LogP contribution in [0.4, 0.5) is 15.9 Å². The highest BCUT2D eigenvalue weighted by Gasteiger charge is 2.26. The smallest absolute Gasteiger partial charge is 0.229 e. The van der Waals surface area contributed by atoms with E-state index in [-0.39, 0.29) is 23.5 Å². The average Bonchev–Trinajstić information content (AvgIpc) is 2.68. The second-order valence-electron chi connectivity index (χ2n) is 6.80. The van der Waals surface area contributed by atoms with Gasteiger partial charge in [0.2, 0.25) is 11.8 Å². The number of hydrogen-bond acceptors (Lipinski definition) is 4. The van der Waals surface area contributed by atoms with E-state index in [1.54, 1.807) is 24.4 Å². The maximum atomic E-state index is 13.2. The van der Waals surface area contributed by atoms with E-state index in [0.717, 1.165) is 23.9 Å². The predicted octanol–water partition coefficient (Wildman–Crippen LogP) is 3.66. The molecule has 28 heavy (non-hydrogen) atoms. The maximum Gasteiger partial charge on any atom is 0.229 e. The third kappa shape index (κ3) is 6.10. The Morgan fingerprint density at radius 1 is 1.25 bits per heavy atom. The standard InChI is InChI=1S/C20H22BrFN4O2/c21-15-6-7-18(23-12-15)25-20(28)14-3-2-9-26(13-14)10-8-19(27)24-17-5-1-4-16(22)11-17/h1,4-7,11-12,14H,2-3,8-10,13H2,(H,24,27)(H,23,25,28). The van der Waals surface area contributed by atoms with E-state index in [9.17, 15) is 14.0 Å². The van der Waals surface area contributed by atoms with Crippen molar-refractivity contribution in [2.45, 2.75) is 19.3 Å². The van der Waals surface area contributed by atoms with Crippen molar-refractivity contribution in [2.75, 3.05) is 30.3 Å². The molecule has 0 saturated carbocycles. The van der Waals surface area contributed by atoms with Crippen LogP contribution in [0.5, 0.6) is 0 Å². The van der Waals surface area contributed by atoms with Crippen LogP contribution in [-0.2, 0) is 9.59 Å². The number of nitrogens with zero attached hydrogens (tertiary/aromatic N) is 2. The first kappa shape index (κ1) is 20.4. The molecule has 0 bridgehead atoms. The van der Waals surface area contributed by atoms with Crippen LogP contribution in [0.2, 0.25) is 0 Å². The van der Waals surface area contributed by atoms with Gasteiger partial charge in [-0.1, -0.05) is 6.07 Å². The Hall–Kier alpha value is -2.32. The third-order valence-corrected chi connectivity index (χ3v) is 5.09. The van der Waals surface area contributed by atoms with E-state index in [1.165, 1.54) is 12.1 Å². The molecule has 1 aromatic carbocycles. The molecule has 0 spiro atoms. The number of anilines is 2. The molecule has 1 aromatic heterocycles. The van der Waals surface area contributed by atoms with Gasteiger partial charge in [-0.2, -0.15) is 0 Å². The van der Waals surface area contributed by atoms with E-state index < -0.39 is 0 Å². The highest BCUT2D eigenvalue weighted by atomic mass is 79.9. The van der Waals surface area contributed by atoms with Gasteiger partial charge in [0.15, 0.2) is 0 Å². The predicted molar refractivity (Wildman–Crippen MR) is 109 cm³/mol. The molecule has 2 N–H and O–H groups in total. The molecule has 1 atom stereocenters. The SMILES string of the molecule is O=C(CCN1CCCC(C(=O)Nc2ccc(Br)cn2)C1)Nc1cccc(F)c1. The van der Waals surface area contributed by atoms with Crippen LogP contribution >= 0.6 is 15.9 Å². The molecule has 2 aromatic rings. The quantitative estimate of drug-likeness (QED) is 0.706. The zero-order chi connectivity index (χ0) is 19.9. The highest BCUT2D eigenvalue weighted by molar-refractivity contribution is 9.10. The van der Waals surface area contributed by atoms with Crippen LogP contribution in [-0.4, -0.2) is 41.3 Å². The highest BCUT2D eigenvalue weighted by Crippen LogP contribution is 2.19. The molecule has 1 fully saturated rings. The van der Waals surface area contributed by atoms with Gasteiger partial charge < -0.3 is 15.5 Å². The Bertz CT molecular complexity index is 831. The second kappa shape index (κ2) is 9.75. The Morgan fingerprint density at radius 2 is 2.11 bits per heavy atom. The summed E-state index contributed by atoms with van der Waals surface area (Å²) >= 11 is 3.32. The number of nitrogens with one attached hydrogen (secondary N) is 2. The fourth-order valence-electron chi connectivity index (χ4n) is 3.20. The van der Waals surface area contributed by atoms with Crippen molar-refractivity contribution < 1.29 is 14.0 Å². The first-order valence-electron chi connectivity index (χ1n) is 9.20. The summed E-state index contributed by atoms with van der Waals surface area (Å²) in [7, 11) is 0. The van der Waals surface area contributed by atoms with Gasteiger partial charge in [0, 0.05) is 35.9 Å². The van der Waals surface area contributed by atoms with Gasteiger partial charge in [0.25, 0.3) is 0 Å². The molecule has 0 aliphatic carbocycles. The van der Waals surface area contributed by atoms with Crippen molar-refractivity contribution >= 4 is 39.2 Å². The lowest BCUT2D eigenvalue weighted by Gasteiger charge is -2.31. The molecular weight excluding hydrogens is 427 g/mol. The Morgan fingerprint density at radius 3 is 2.86 bits per heavy atom. The number of pyridine rings is 1. The summed E-state index contributed by atoms with van der Waals surface area (Å²) in [5.74, 6) is -0.215. The van der Waals surface area contributed by atoms with Gasteiger partial charge >= 0.3 is 0 Å². The van der Waals surface area contributed by atoms with Crippen LogP contribution in [0.25, 0.3) is 0 Å². The zero-order valence-electron chi connectivity index (χ0n) is 15.3. The lowest BCUT2D eigenvalue weighted by molar-refractivity contribution is -0.121. The van der Waals surface area contributed by atoms with Crippen LogP contribution in [0.3, 0.4) is 0 Å². The van der Waals surface area contributed by atoms with E-state index in [4.69, 9.17) is 0 Å². The number of carbonyl (C=O) groups is 2. The number of hydrogen-bond donors (Lipinski definition) is 2. The van der Waals surface area contributed by atoms with Gasteiger partial charge in [-0.25, -0.2) is 9.37 Å². The van der Waals surface area contributed by atoms with E-state index >= 15 is 0 Å². The van der Waals surface area contributed by atoms with Crippen molar-refractivity contribution in [2.24, 2.45) is 5.92 Å². The van der Waals surface area contributed by atoms with Gasteiger partial charge in [-0.3, -0.25) is 9.59 Å². The lowest BCUT2D eigenvalue weighted by Crippen LogP contribution is -2.41. The topological polar surface area (TPSA) is 74.3 Å². The monoisotopic (exact) mass is 448 g/mol. The first-order chi connectivity index (χ1) is 13.5. The van der Waals surface area contributed by atoms with E-state index in [1.807, 2.05) is 6.07 Å². The minimum Gasteiger partial charge on any atom is -0.326 e. The number of amides is 2. The summed E-state index contributed by atoms with van der Waals surface area (Å²) in [5, 5.41) is 5.55. The fourth-order valence-corrected chi connectivity index (χ4v) is 3.43. The number of likely N-dealkylation sites (tertiary alicyclic amines) is 1. The molecule has 8 heteroatoms. The summed E-state index contributed by atoms with van der Waals surface area (Å²) in [5.41, 5.74) is 0.447. The second-order valence-corrected chi connectivity index (χ2v) is 7.71. The van der Waals surface area contributed by atoms with Crippen molar-refractivity contribution in [3.8, 4) is 0 Å². The molecule has 1 unspecified atom stereocenters. The summed E-state index contributed by atoms with van der Waals surface area (Å²) in [6.45, 7) is 2.02. The summed E-state index contributed by atoms with van der Waals surface area (Å²) in [6.07, 6.45) is 3.64. The van der Waals surface area contributed by atoms with Gasteiger partial charge in [0.1, 0.15) is 11.6 Å². The van der Waals surface area contributed by atoms with Crippen LogP contribution in [0.1, 0.15) is 19.3 Å². The van der Waals surface area contributed by atoms with Gasteiger partial charge in [0.05, 0.1) is 5.92 Å². The zero-order valence-corrected chi connectivity index (χ0v) is 16.9. The number of piperidine rings is 1.